The monoisotopic (exact) mass is 283 g/mol. The van der Waals surface area contributed by atoms with Crippen LogP contribution in [0.1, 0.15) is 39.0 Å². The van der Waals surface area contributed by atoms with Gasteiger partial charge in [0.1, 0.15) is 0 Å². The molecule has 116 valence electrons. The van der Waals surface area contributed by atoms with Crippen molar-refractivity contribution in [2.75, 3.05) is 39.3 Å². The number of β-amino-alcohol motifs (C(OH)–C–C–N with tert-alkyl or cyclic N) is 1. The summed E-state index contributed by atoms with van der Waals surface area (Å²) in [6.07, 6.45) is 4.97. The number of piperidine rings is 2. The summed E-state index contributed by atoms with van der Waals surface area (Å²) in [5, 5.41) is 12.6. The van der Waals surface area contributed by atoms with Gasteiger partial charge in [-0.05, 0) is 57.7 Å². The minimum atomic E-state index is -0.341. The number of nitrogens with one attached hydrogen (secondary N) is 1. The maximum atomic E-state index is 12.0. The summed E-state index contributed by atoms with van der Waals surface area (Å²) in [6, 6.07) is -0.000243. The summed E-state index contributed by atoms with van der Waals surface area (Å²) >= 11 is 0. The van der Waals surface area contributed by atoms with Crippen molar-refractivity contribution < 1.29 is 9.90 Å². The van der Waals surface area contributed by atoms with Crippen molar-refractivity contribution in [3.8, 4) is 0 Å². The molecule has 0 radical (unpaired) electrons. The summed E-state index contributed by atoms with van der Waals surface area (Å²) in [5.74, 6) is 0.613. The first-order chi connectivity index (χ1) is 9.69. The average molecular weight is 283 g/mol. The minimum Gasteiger partial charge on any atom is -0.391 e. The van der Waals surface area contributed by atoms with E-state index in [0.717, 1.165) is 39.0 Å². The third-order valence-electron chi connectivity index (χ3n) is 4.47. The maximum absolute atomic E-state index is 12.0. The van der Waals surface area contributed by atoms with Crippen molar-refractivity contribution in [3.63, 3.8) is 0 Å². The fourth-order valence-electron chi connectivity index (χ4n) is 3.21. The molecule has 5 heteroatoms. The highest BCUT2D eigenvalue weighted by atomic mass is 16.3. The Labute approximate surface area is 122 Å². The van der Waals surface area contributed by atoms with E-state index in [1.807, 2.05) is 0 Å². The largest absolute Gasteiger partial charge is 0.391 e. The number of carbonyl (C=O) groups is 1. The zero-order chi connectivity index (χ0) is 14.4. The van der Waals surface area contributed by atoms with E-state index < -0.39 is 0 Å². The molecular weight excluding hydrogens is 254 g/mol. The summed E-state index contributed by atoms with van der Waals surface area (Å²) in [6.45, 7) is 7.79. The van der Waals surface area contributed by atoms with Gasteiger partial charge in [0, 0.05) is 19.6 Å². The third-order valence-corrected chi connectivity index (χ3v) is 4.47. The fourth-order valence-corrected chi connectivity index (χ4v) is 3.21. The molecule has 0 aromatic heterocycles. The lowest BCUT2D eigenvalue weighted by Crippen LogP contribution is -2.48. The van der Waals surface area contributed by atoms with Crippen LogP contribution in [0, 0.1) is 5.92 Å². The lowest BCUT2D eigenvalue weighted by molar-refractivity contribution is 0.0834. The molecule has 1 atom stereocenters. The van der Waals surface area contributed by atoms with Gasteiger partial charge < -0.3 is 20.2 Å². The van der Waals surface area contributed by atoms with Crippen LogP contribution >= 0.6 is 0 Å². The van der Waals surface area contributed by atoms with Gasteiger partial charge >= 0.3 is 6.03 Å². The Bertz CT molecular complexity index is 303. The molecule has 0 saturated carbocycles. The van der Waals surface area contributed by atoms with Crippen molar-refractivity contribution in [2.24, 2.45) is 5.92 Å². The molecular formula is C15H29N3O2. The van der Waals surface area contributed by atoms with Crippen LogP contribution in [0.4, 0.5) is 4.79 Å². The number of aliphatic hydroxyl groups is 1. The fraction of sp³-hybridized carbons (Fsp3) is 0.933. The zero-order valence-corrected chi connectivity index (χ0v) is 12.7. The molecule has 2 saturated heterocycles. The summed E-state index contributed by atoms with van der Waals surface area (Å²) < 4.78 is 0. The highest BCUT2D eigenvalue weighted by Gasteiger charge is 2.23. The first-order valence-corrected chi connectivity index (χ1v) is 8.12. The summed E-state index contributed by atoms with van der Waals surface area (Å²) in [4.78, 5) is 16.3. The molecule has 0 aromatic carbocycles. The van der Waals surface area contributed by atoms with Gasteiger partial charge in [-0.3, -0.25) is 0 Å². The van der Waals surface area contributed by atoms with Gasteiger partial charge in [0.05, 0.1) is 6.10 Å². The molecule has 20 heavy (non-hydrogen) atoms. The summed E-state index contributed by atoms with van der Waals surface area (Å²) in [7, 11) is 0. The third kappa shape index (κ3) is 4.63. The number of aliphatic hydroxyl groups excluding tert-OH is 1. The predicted molar refractivity (Wildman–Crippen MR) is 79.7 cm³/mol. The lowest BCUT2D eigenvalue weighted by Gasteiger charge is -2.33. The number of hydrogen-bond donors (Lipinski definition) is 2. The molecule has 0 aromatic rings. The van der Waals surface area contributed by atoms with E-state index in [-0.39, 0.29) is 12.1 Å². The lowest BCUT2D eigenvalue weighted by atomic mass is 9.97. The first kappa shape index (κ1) is 15.6. The van der Waals surface area contributed by atoms with Crippen LogP contribution in [-0.2, 0) is 0 Å². The Balaban J connectivity index is 1.64. The molecule has 2 fully saturated rings. The molecule has 0 bridgehead atoms. The maximum Gasteiger partial charge on any atom is 0.317 e. The number of carbonyl (C=O) groups excluding carboxylic acids is 1. The van der Waals surface area contributed by atoms with Crippen LogP contribution in [0.2, 0.25) is 0 Å². The van der Waals surface area contributed by atoms with Crippen molar-refractivity contribution >= 4 is 6.03 Å². The minimum absolute atomic E-state index is 0.000243. The van der Waals surface area contributed by atoms with Crippen molar-refractivity contribution in [2.45, 2.75) is 45.1 Å². The van der Waals surface area contributed by atoms with Gasteiger partial charge in [0.25, 0.3) is 0 Å². The van der Waals surface area contributed by atoms with Crippen molar-refractivity contribution in [1.29, 1.82) is 0 Å². The van der Waals surface area contributed by atoms with E-state index >= 15 is 0 Å². The molecule has 2 heterocycles. The smallest absolute Gasteiger partial charge is 0.317 e. The van der Waals surface area contributed by atoms with Gasteiger partial charge in [-0.1, -0.05) is 6.92 Å². The van der Waals surface area contributed by atoms with E-state index in [0.29, 0.717) is 12.5 Å². The van der Waals surface area contributed by atoms with Crippen LogP contribution in [0.5, 0.6) is 0 Å². The van der Waals surface area contributed by atoms with E-state index in [4.69, 9.17) is 0 Å². The van der Waals surface area contributed by atoms with Gasteiger partial charge in [-0.25, -0.2) is 4.79 Å². The Morgan fingerprint density at radius 2 is 2.00 bits per heavy atom. The number of urea groups is 1. The topological polar surface area (TPSA) is 55.8 Å². The molecule has 2 amide bonds. The molecule has 5 nitrogen and oxygen atoms in total. The average Bonchev–Trinajstić information content (AvgIpc) is 2.46. The number of hydrogen-bond acceptors (Lipinski definition) is 3. The molecule has 0 aliphatic carbocycles. The normalized spacial score (nSPS) is 25.7. The second-order valence-corrected chi connectivity index (χ2v) is 6.21. The van der Waals surface area contributed by atoms with Gasteiger partial charge in [0.15, 0.2) is 0 Å². The Hall–Kier alpha value is -0.810. The van der Waals surface area contributed by atoms with E-state index in [9.17, 15) is 9.90 Å². The molecule has 2 rings (SSSR count). The van der Waals surface area contributed by atoms with Crippen molar-refractivity contribution in [1.82, 2.24) is 15.1 Å². The Kier molecular flexibility index (Phi) is 6.10. The Morgan fingerprint density at radius 1 is 1.25 bits per heavy atom. The van der Waals surface area contributed by atoms with Crippen LogP contribution in [-0.4, -0.2) is 66.3 Å². The summed E-state index contributed by atoms with van der Waals surface area (Å²) in [5.41, 5.74) is 0. The molecule has 2 aliphatic rings. The molecule has 0 spiro atoms. The van der Waals surface area contributed by atoms with Crippen LogP contribution in [0.15, 0.2) is 0 Å². The van der Waals surface area contributed by atoms with E-state index in [1.165, 1.54) is 25.8 Å². The van der Waals surface area contributed by atoms with E-state index in [2.05, 4.69) is 17.1 Å². The molecule has 2 aliphatic heterocycles. The molecule has 1 unspecified atom stereocenters. The van der Waals surface area contributed by atoms with Gasteiger partial charge in [0.2, 0.25) is 0 Å². The standard InChI is InChI=1S/C15H29N3O2/c1-2-7-17-9-5-13(6-10-17)11-16-15(20)18-8-3-4-14(19)12-18/h13-14,19H,2-12H2,1H3,(H,16,20). The number of nitrogens with zero attached hydrogens (tertiary/aromatic N) is 2. The number of amides is 2. The van der Waals surface area contributed by atoms with Gasteiger partial charge in [-0.15, -0.1) is 0 Å². The highest BCUT2D eigenvalue weighted by Crippen LogP contribution is 2.17. The quantitative estimate of drug-likeness (QED) is 0.817. The first-order valence-electron chi connectivity index (χ1n) is 8.12. The van der Waals surface area contributed by atoms with Crippen LogP contribution in [0.3, 0.4) is 0 Å². The predicted octanol–water partition coefficient (Wildman–Crippen LogP) is 1.27. The van der Waals surface area contributed by atoms with Gasteiger partial charge in [-0.2, -0.15) is 0 Å². The van der Waals surface area contributed by atoms with Crippen LogP contribution < -0.4 is 5.32 Å². The van der Waals surface area contributed by atoms with Crippen LogP contribution in [0.25, 0.3) is 0 Å². The number of likely N-dealkylation sites (tertiary alicyclic amines) is 2. The number of rotatable bonds is 4. The van der Waals surface area contributed by atoms with E-state index in [1.54, 1.807) is 4.90 Å². The second-order valence-electron chi connectivity index (χ2n) is 6.21. The second kappa shape index (κ2) is 7.84. The highest BCUT2D eigenvalue weighted by molar-refractivity contribution is 5.74. The SMILES string of the molecule is CCCN1CCC(CNC(=O)N2CCCC(O)C2)CC1. The Morgan fingerprint density at radius 3 is 2.65 bits per heavy atom. The molecule has 2 N–H and O–H groups in total. The van der Waals surface area contributed by atoms with Crippen molar-refractivity contribution in [3.05, 3.63) is 0 Å². The zero-order valence-electron chi connectivity index (χ0n) is 12.7.